The summed E-state index contributed by atoms with van der Waals surface area (Å²) >= 11 is 0. The molecule has 170 valence electrons. The summed E-state index contributed by atoms with van der Waals surface area (Å²) in [6, 6.07) is 23.0. The largest absolute Gasteiger partial charge is 0.367 e. The summed E-state index contributed by atoms with van der Waals surface area (Å²) in [5.41, 5.74) is 5.99. The average Bonchev–Trinajstić information content (AvgIpc) is 2.86. The van der Waals surface area contributed by atoms with E-state index >= 15 is 0 Å². The minimum atomic E-state index is -0.688. The summed E-state index contributed by atoms with van der Waals surface area (Å²) in [7, 11) is 0. The lowest BCUT2D eigenvalue weighted by atomic mass is 9.99. The van der Waals surface area contributed by atoms with Crippen LogP contribution >= 0.6 is 0 Å². The summed E-state index contributed by atoms with van der Waals surface area (Å²) in [6.45, 7) is 2.56. The number of carbonyl (C=O) groups is 2. The Bertz CT molecular complexity index is 1100. The predicted molar refractivity (Wildman–Crippen MR) is 127 cm³/mol. The van der Waals surface area contributed by atoms with Crippen LogP contribution in [0.5, 0.6) is 0 Å². The summed E-state index contributed by atoms with van der Waals surface area (Å²) < 4.78 is 12.9. The molecule has 5 nitrogen and oxygen atoms in total. The van der Waals surface area contributed by atoms with Gasteiger partial charge in [0, 0.05) is 31.9 Å². The van der Waals surface area contributed by atoms with Gasteiger partial charge in [0.2, 0.25) is 0 Å². The van der Waals surface area contributed by atoms with Crippen LogP contribution in [0.25, 0.3) is 0 Å². The van der Waals surface area contributed by atoms with Crippen molar-refractivity contribution in [2.45, 2.75) is 32.4 Å². The van der Waals surface area contributed by atoms with Gasteiger partial charge in [-0.1, -0.05) is 48.5 Å². The summed E-state index contributed by atoms with van der Waals surface area (Å²) in [5.74, 6) is -1.68. The molecule has 2 N–H and O–H groups in total. The number of hydrogen-bond acceptors (Lipinski definition) is 3. The van der Waals surface area contributed by atoms with E-state index in [-0.39, 0.29) is 12.4 Å². The van der Waals surface area contributed by atoms with Gasteiger partial charge in [0.05, 0.1) is 0 Å². The minimum Gasteiger partial charge on any atom is -0.367 e. The third-order valence-electron chi connectivity index (χ3n) is 5.93. The zero-order chi connectivity index (χ0) is 23.0. The third kappa shape index (κ3) is 6.19. The standard InChI is InChI=1S/C27H28FN3O2/c28-24-11-7-21(8-12-24)18-30-27(33)26(32)29-16-3-4-20-9-13-25(14-10-20)31-17-15-22-5-1-2-6-23(22)19-31/h1-2,5-14H,3-4,15-19H2,(H,29,32)(H,30,33). The van der Waals surface area contributed by atoms with Gasteiger partial charge >= 0.3 is 11.8 Å². The molecule has 1 aliphatic rings. The Hall–Kier alpha value is -3.67. The number of halogens is 1. The maximum absolute atomic E-state index is 12.9. The number of nitrogens with zero attached hydrogens (tertiary/aromatic N) is 1. The maximum atomic E-state index is 12.9. The Kier molecular flexibility index (Phi) is 7.35. The van der Waals surface area contributed by atoms with Crippen molar-refractivity contribution in [3.05, 3.63) is 101 Å². The normalized spacial score (nSPS) is 12.7. The Balaban J connectivity index is 1.17. The Labute approximate surface area is 193 Å². The lowest BCUT2D eigenvalue weighted by molar-refractivity contribution is -0.139. The fourth-order valence-electron chi connectivity index (χ4n) is 4.03. The van der Waals surface area contributed by atoms with Gasteiger partial charge in [-0.25, -0.2) is 4.39 Å². The van der Waals surface area contributed by atoms with Crippen molar-refractivity contribution in [3.8, 4) is 0 Å². The summed E-state index contributed by atoms with van der Waals surface area (Å²) in [4.78, 5) is 26.3. The number of aryl methyl sites for hydroxylation is 1. The molecule has 0 radical (unpaired) electrons. The van der Waals surface area contributed by atoms with Crippen molar-refractivity contribution >= 4 is 17.5 Å². The number of nitrogens with one attached hydrogen (secondary N) is 2. The van der Waals surface area contributed by atoms with Crippen LogP contribution < -0.4 is 15.5 Å². The number of amides is 2. The lowest BCUT2D eigenvalue weighted by Gasteiger charge is -2.30. The Morgan fingerprint density at radius 2 is 1.48 bits per heavy atom. The monoisotopic (exact) mass is 445 g/mol. The van der Waals surface area contributed by atoms with Crippen LogP contribution in [0.1, 0.15) is 28.7 Å². The van der Waals surface area contributed by atoms with Crippen molar-refractivity contribution in [1.82, 2.24) is 10.6 Å². The number of fused-ring (bicyclic) bond motifs is 1. The topological polar surface area (TPSA) is 61.4 Å². The smallest absolute Gasteiger partial charge is 0.309 e. The molecule has 2 amide bonds. The molecular formula is C27H28FN3O2. The van der Waals surface area contributed by atoms with Gasteiger partial charge in [0.1, 0.15) is 5.82 Å². The molecular weight excluding hydrogens is 417 g/mol. The van der Waals surface area contributed by atoms with E-state index in [0.29, 0.717) is 6.54 Å². The van der Waals surface area contributed by atoms with Gasteiger partial charge < -0.3 is 15.5 Å². The van der Waals surface area contributed by atoms with Gasteiger partial charge in [-0.3, -0.25) is 9.59 Å². The van der Waals surface area contributed by atoms with Crippen LogP contribution in [0, 0.1) is 5.82 Å². The molecule has 3 aromatic rings. The van der Waals surface area contributed by atoms with E-state index in [1.807, 2.05) is 0 Å². The molecule has 3 aromatic carbocycles. The van der Waals surface area contributed by atoms with Crippen LogP contribution in [0.15, 0.2) is 72.8 Å². The molecule has 0 atom stereocenters. The lowest BCUT2D eigenvalue weighted by Crippen LogP contribution is -2.40. The first-order valence-corrected chi connectivity index (χ1v) is 11.3. The molecule has 0 saturated carbocycles. The van der Waals surface area contributed by atoms with Gasteiger partial charge in [0.15, 0.2) is 0 Å². The second-order valence-electron chi connectivity index (χ2n) is 8.28. The first kappa shape index (κ1) is 22.5. The molecule has 0 fully saturated rings. The minimum absolute atomic E-state index is 0.182. The molecule has 0 bridgehead atoms. The van der Waals surface area contributed by atoms with Crippen LogP contribution in [0.4, 0.5) is 10.1 Å². The Morgan fingerprint density at radius 3 is 2.24 bits per heavy atom. The van der Waals surface area contributed by atoms with Crippen LogP contribution in [0.3, 0.4) is 0 Å². The number of benzene rings is 3. The molecule has 4 rings (SSSR count). The van der Waals surface area contributed by atoms with Crippen LogP contribution in [-0.4, -0.2) is 24.9 Å². The molecule has 0 saturated heterocycles. The van der Waals surface area contributed by atoms with E-state index in [1.54, 1.807) is 12.1 Å². The molecule has 0 spiro atoms. The second-order valence-corrected chi connectivity index (χ2v) is 8.28. The molecule has 33 heavy (non-hydrogen) atoms. The fourth-order valence-corrected chi connectivity index (χ4v) is 4.03. The fraction of sp³-hybridized carbons (Fsp3) is 0.259. The molecule has 6 heteroatoms. The van der Waals surface area contributed by atoms with Gasteiger partial charge in [-0.2, -0.15) is 0 Å². The number of hydrogen-bond donors (Lipinski definition) is 2. The van der Waals surface area contributed by atoms with E-state index in [0.717, 1.165) is 37.9 Å². The maximum Gasteiger partial charge on any atom is 0.309 e. The summed E-state index contributed by atoms with van der Waals surface area (Å²) in [5, 5.41) is 5.19. The summed E-state index contributed by atoms with van der Waals surface area (Å²) in [6.07, 6.45) is 2.63. The quantitative estimate of drug-likeness (QED) is 0.430. The van der Waals surface area contributed by atoms with E-state index in [4.69, 9.17) is 0 Å². The van der Waals surface area contributed by atoms with Gasteiger partial charge in [0.25, 0.3) is 0 Å². The molecule has 0 unspecified atom stereocenters. The highest BCUT2D eigenvalue weighted by molar-refractivity contribution is 6.35. The van der Waals surface area contributed by atoms with E-state index in [2.05, 4.69) is 64.1 Å². The zero-order valence-electron chi connectivity index (χ0n) is 18.5. The zero-order valence-corrected chi connectivity index (χ0v) is 18.5. The average molecular weight is 446 g/mol. The highest BCUT2D eigenvalue weighted by atomic mass is 19.1. The number of rotatable bonds is 7. The van der Waals surface area contributed by atoms with Crippen molar-refractivity contribution in [1.29, 1.82) is 0 Å². The van der Waals surface area contributed by atoms with Crippen LogP contribution in [-0.2, 0) is 35.5 Å². The van der Waals surface area contributed by atoms with E-state index in [9.17, 15) is 14.0 Å². The molecule has 0 aromatic heterocycles. The molecule has 1 aliphatic heterocycles. The van der Waals surface area contributed by atoms with Gasteiger partial charge in [-0.05, 0) is 65.8 Å². The number of anilines is 1. The number of carbonyl (C=O) groups excluding carboxylic acids is 2. The SMILES string of the molecule is O=C(NCCCc1ccc(N2CCc3ccccc3C2)cc1)C(=O)NCc1ccc(F)cc1. The van der Waals surface area contributed by atoms with Crippen molar-refractivity contribution in [3.63, 3.8) is 0 Å². The highest BCUT2D eigenvalue weighted by Crippen LogP contribution is 2.24. The van der Waals surface area contributed by atoms with Crippen molar-refractivity contribution < 1.29 is 14.0 Å². The highest BCUT2D eigenvalue weighted by Gasteiger charge is 2.16. The Morgan fingerprint density at radius 1 is 0.818 bits per heavy atom. The molecule has 0 aliphatic carbocycles. The van der Waals surface area contributed by atoms with E-state index < -0.39 is 11.8 Å². The van der Waals surface area contributed by atoms with Crippen LogP contribution in [0.2, 0.25) is 0 Å². The third-order valence-corrected chi connectivity index (χ3v) is 5.93. The van der Waals surface area contributed by atoms with Crippen molar-refractivity contribution in [2.75, 3.05) is 18.0 Å². The van der Waals surface area contributed by atoms with E-state index in [1.165, 1.54) is 34.5 Å². The van der Waals surface area contributed by atoms with Gasteiger partial charge in [-0.15, -0.1) is 0 Å². The first-order valence-electron chi connectivity index (χ1n) is 11.3. The molecule has 1 heterocycles. The first-order chi connectivity index (χ1) is 16.1. The van der Waals surface area contributed by atoms with Crippen molar-refractivity contribution in [2.24, 2.45) is 0 Å². The second kappa shape index (κ2) is 10.8. The predicted octanol–water partition coefficient (Wildman–Crippen LogP) is 3.75.